The molecule has 0 unspecified atom stereocenters. The monoisotopic (exact) mass is 319 g/mol. The van der Waals surface area contributed by atoms with E-state index in [1.807, 2.05) is 12.1 Å². The van der Waals surface area contributed by atoms with Crippen molar-refractivity contribution in [3.05, 3.63) is 42.5 Å². The average molecular weight is 318 g/mol. The number of amides is 1. The Morgan fingerprint density at radius 1 is 1.16 bits per heavy atom. The Balaban J connectivity index is 2.04. The predicted octanol–water partition coefficient (Wildman–Crippen LogP) is 3.62. The molecule has 1 N–H and O–H groups in total. The van der Waals surface area contributed by atoms with Gasteiger partial charge in [0.05, 0.1) is 0 Å². The van der Waals surface area contributed by atoms with E-state index in [-0.39, 0.29) is 0 Å². The number of hydrogen-bond donors (Lipinski definition) is 1. The number of benzene rings is 2. The first-order valence-electron chi connectivity index (χ1n) is 6.13. The number of anilines is 1. The molecule has 2 aromatic carbocycles. The molecule has 1 amide bonds. The van der Waals surface area contributed by atoms with Crippen LogP contribution in [0.4, 0.5) is 10.5 Å². The van der Waals surface area contributed by atoms with Crippen LogP contribution in [0.25, 0.3) is 19.3 Å². The Labute approximate surface area is 116 Å². The molecule has 3 rings (SSSR count). The molecule has 0 saturated carbocycles. The zero-order valence-corrected chi connectivity index (χ0v) is 12.2. The van der Waals surface area contributed by atoms with E-state index in [9.17, 15) is 4.79 Å². The molecule has 1 aromatic heterocycles. The van der Waals surface area contributed by atoms with Gasteiger partial charge in [-0.05, 0) is 0 Å². The fourth-order valence-electron chi connectivity index (χ4n) is 2.09. The van der Waals surface area contributed by atoms with Gasteiger partial charge < -0.3 is 0 Å². The summed E-state index contributed by atoms with van der Waals surface area (Å²) in [6.07, 6.45) is -0.403. The zero-order chi connectivity index (χ0) is 13.2. The number of ether oxygens (including phenoxy) is 1. The van der Waals surface area contributed by atoms with Crippen LogP contribution in [-0.2, 0) is 4.74 Å². The van der Waals surface area contributed by atoms with E-state index in [1.54, 1.807) is 6.92 Å². The Bertz CT molecular complexity index is 748. The van der Waals surface area contributed by atoms with Gasteiger partial charge in [-0.1, -0.05) is 0 Å². The molecular formula is C15H13NO2Se. The van der Waals surface area contributed by atoms with Gasteiger partial charge in [0.1, 0.15) is 0 Å². The molecule has 0 atom stereocenters. The SMILES string of the molecule is CCOC(=O)Nc1ccc2[se]c3ccccc3c2c1. The summed E-state index contributed by atoms with van der Waals surface area (Å²) < 4.78 is 7.65. The maximum atomic E-state index is 11.4. The second-order valence-electron chi connectivity index (χ2n) is 4.15. The molecule has 96 valence electrons. The number of fused-ring (bicyclic) bond motifs is 3. The minimum absolute atomic E-state index is 0.369. The van der Waals surface area contributed by atoms with E-state index in [2.05, 4.69) is 35.6 Å². The van der Waals surface area contributed by atoms with E-state index in [0.717, 1.165) is 5.69 Å². The van der Waals surface area contributed by atoms with Crippen molar-refractivity contribution < 1.29 is 9.53 Å². The van der Waals surface area contributed by atoms with Crippen molar-refractivity contribution in [3.8, 4) is 0 Å². The molecule has 0 saturated heterocycles. The zero-order valence-electron chi connectivity index (χ0n) is 10.5. The van der Waals surface area contributed by atoms with E-state index in [0.29, 0.717) is 21.1 Å². The number of nitrogens with one attached hydrogen (secondary N) is 1. The standard InChI is InChI=1S/C15H13NO2Se/c1-2-18-15(17)16-10-7-8-14-12(9-10)11-5-3-4-6-13(11)19-14/h3-9H,2H2,1H3,(H,16,17). The summed E-state index contributed by atoms with van der Waals surface area (Å²) in [5, 5.41) is 5.26. The van der Waals surface area contributed by atoms with Gasteiger partial charge in [-0.2, -0.15) is 0 Å². The van der Waals surface area contributed by atoms with E-state index >= 15 is 0 Å². The first-order chi connectivity index (χ1) is 9.28. The minimum atomic E-state index is -0.403. The van der Waals surface area contributed by atoms with Crippen LogP contribution < -0.4 is 5.32 Å². The summed E-state index contributed by atoms with van der Waals surface area (Å²) in [7, 11) is 0. The Hall–Kier alpha value is -1.77. The van der Waals surface area contributed by atoms with Gasteiger partial charge in [0.25, 0.3) is 0 Å². The topological polar surface area (TPSA) is 38.3 Å². The number of carbonyl (C=O) groups excluding carboxylic acids is 1. The fourth-order valence-corrected chi connectivity index (χ4v) is 4.37. The quantitative estimate of drug-likeness (QED) is 0.733. The summed E-state index contributed by atoms with van der Waals surface area (Å²) in [5.74, 6) is 0. The van der Waals surface area contributed by atoms with Crippen molar-refractivity contribution in [2.75, 3.05) is 11.9 Å². The van der Waals surface area contributed by atoms with Crippen molar-refractivity contribution in [1.29, 1.82) is 0 Å². The summed E-state index contributed by atoms with van der Waals surface area (Å²) in [4.78, 5) is 11.4. The van der Waals surface area contributed by atoms with Gasteiger partial charge in [0.2, 0.25) is 0 Å². The third kappa shape index (κ3) is 2.37. The molecule has 0 spiro atoms. The van der Waals surface area contributed by atoms with Crippen LogP contribution in [0, 0.1) is 0 Å². The molecule has 0 aliphatic heterocycles. The van der Waals surface area contributed by atoms with Crippen LogP contribution in [0.2, 0.25) is 0 Å². The van der Waals surface area contributed by atoms with Gasteiger partial charge in [0.15, 0.2) is 0 Å². The van der Waals surface area contributed by atoms with Crippen molar-refractivity contribution >= 4 is 45.6 Å². The molecule has 3 aromatic rings. The van der Waals surface area contributed by atoms with Crippen LogP contribution in [0.3, 0.4) is 0 Å². The maximum absolute atomic E-state index is 11.4. The first kappa shape index (κ1) is 12.3. The van der Waals surface area contributed by atoms with Crippen molar-refractivity contribution in [3.63, 3.8) is 0 Å². The molecular weight excluding hydrogens is 305 g/mol. The third-order valence-corrected chi connectivity index (χ3v) is 5.32. The average Bonchev–Trinajstić information content (AvgIpc) is 2.77. The fraction of sp³-hybridized carbons (Fsp3) is 0.133. The van der Waals surface area contributed by atoms with Crippen molar-refractivity contribution in [2.24, 2.45) is 0 Å². The van der Waals surface area contributed by atoms with Gasteiger partial charge in [-0.25, -0.2) is 0 Å². The first-order valence-corrected chi connectivity index (χ1v) is 7.84. The molecule has 0 fully saturated rings. The van der Waals surface area contributed by atoms with Gasteiger partial charge in [0, 0.05) is 0 Å². The van der Waals surface area contributed by atoms with Crippen LogP contribution in [0.1, 0.15) is 6.92 Å². The Morgan fingerprint density at radius 2 is 1.95 bits per heavy atom. The van der Waals surface area contributed by atoms with Crippen LogP contribution in [0.5, 0.6) is 0 Å². The van der Waals surface area contributed by atoms with Crippen molar-refractivity contribution in [2.45, 2.75) is 6.92 Å². The van der Waals surface area contributed by atoms with Crippen LogP contribution in [-0.4, -0.2) is 27.2 Å². The number of hydrogen-bond acceptors (Lipinski definition) is 2. The van der Waals surface area contributed by atoms with E-state index in [1.165, 1.54) is 19.3 Å². The van der Waals surface area contributed by atoms with Crippen LogP contribution >= 0.6 is 0 Å². The second kappa shape index (κ2) is 5.08. The predicted molar refractivity (Wildman–Crippen MR) is 79.0 cm³/mol. The molecule has 0 bridgehead atoms. The van der Waals surface area contributed by atoms with Gasteiger partial charge in [-0.3, -0.25) is 0 Å². The molecule has 4 heteroatoms. The van der Waals surface area contributed by atoms with Gasteiger partial charge in [-0.15, -0.1) is 0 Å². The molecule has 0 aliphatic carbocycles. The van der Waals surface area contributed by atoms with Gasteiger partial charge >= 0.3 is 116 Å². The number of rotatable bonds is 2. The van der Waals surface area contributed by atoms with Crippen molar-refractivity contribution in [1.82, 2.24) is 0 Å². The van der Waals surface area contributed by atoms with E-state index < -0.39 is 6.09 Å². The second-order valence-corrected chi connectivity index (χ2v) is 6.43. The molecule has 0 aliphatic rings. The summed E-state index contributed by atoms with van der Waals surface area (Å²) >= 11 is 0.369. The summed E-state index contributed by atoms with van der Waals surface area (Å²) in [6.45, 7) is 2.17. The summed E-state index contributed by atoms with van der Waals surface area (Å²) in [6, 6.07) is 14.5. The van der Waals surface area contributed by atoms with Crippen LogP contribution in [0.15, 0.2) is 42.5 Å². The summed E-state index contributed by atoms with van der Waals surface area (Å²) in [5.41, 5.74) is 0.782. The normalized spacial score (nSPS) is 10.8. The molecule has 3 nitrogen and oxygen atoms in total. The third-order valence-electron chi connectivity index (χ3n) is 2.90. The molecule has 0 radical (unpaired) electrons. The number of carbonyl (C=O) groups is 1. The Kier molecular flexibility index (Phi) is 3.28. The Morgan fingerprint density at radius 3 is 2.79 bits per heavy atom. The molecule has 19 heavy (non-hydrogen) atoms. The molecule has 1 heterocycles. The van der Waals surface area contributed by atoms with E-state index in [4.69, 9.17) is 4.74 Å².